The molecule has 88 valence electrons. The molecule has 0 saturated heterocycles. The van der Waals surface area contributed by atoms with Gasteiger partial charge in [-0.15, -0.1) is 0 Å². The first kappa shape index (κ1) is 11.2. The molecule has 0 radical (unpaired) electrons. The number of carbonyl (C=O) groups is 1. The third kappa shape index (κ3) is 1.75. The summed E-state index contributed by atoms with van der Waals surface area (Å²) in [6.07, 6.45) is 0. The van der Waals surface area contributed by atoms with E-state index < -0.39 is 5.97 Å². The molecule has 0 aliphatic heterocycles. The Kier molecular flexibility index (Phi) is 2.59. The van der Waals surface area contributed by atoms with Crippen molar-refractivity contribution in [2.45, 2.75) is 6.92 Å². The van der Waals surface area contributed by atoms with Crippen molar-refractivity contribution in [3.63, 3.8) is 0 Å². The molecule has 0 aliphatic rings. The maximum atomic E-state index is 11.0. The molecule has 0 atom stereocenters. The number of fused-ring (bicyclic) bond motifs is 1. The van der Waals surface area contributed by atoms with Crippen LogP contribution in [-0.2, 0) is 0 Å². The summed E-state index contributed by atoms with van der Waals surface area (Å²) in [5, 5.41) is 9.86. The first-order valence-corrected chi connectivity index (χ1v) is 5.01. The average Bonchev–Trinajstić information content (AvgIpc) is 2.32. The number of rotatable bonds is 2. The number of carboxylic acid groups (broad SMARTS) is 1. The normalized spacial score (nSPS) is 10.5. The minimum absolute atomic E-state index is 0.0655. The van der Waals surface area contributed by atoms with Crippen LogP contribution in [0.15, 0.2) is 18.2 Å². The highest BCUT2D eigenvalue weighted by molar-refractivity contribution is 6.01. The lowest BCUT2D eigenvalue weighted by Gasteiger charge is -2.09. The Morgan fingerprint density at radius 3 is 2.76 bits per heavy atom. The van der Waals surface area contributed by atoms with Crippen LogP contribution in [0.2, 0.25) is 0 Å². The van der Waals surface area contributed by atoms with E-state index in [2.05, 4.69) is 4.98 Å². The Hall–Kier alpha value is -2.30. The molecule has 0 spiro atoms. The lowest BCUT2D eigenvalue weighted by Crippen LogP contribution is -2.05. The van der Waals surface area contributed by atoms with Gasteiger partial charge in [0.1, 0.15) is 0 Å². The molecular weight excluding hydrogens is 220 g/mol. The fourth-order valence-corrected chi connectivity index (χ4v) is 1.74. The number of aromatic nitrogens is 1. The molecule has 1 aromatic heterocycles. The van der Waals surface area contributed by atoms with Gasteiger partial charge in [-0.05, 0) is 24.6 Å². The maximum absolute atomic E-state index is 11.0. The number of anilines is 1. The van der Waals surface area contributed by atoms with E-state index in [1.54, 1.807) is 13.0 Å². The van der Waals surface area contributed by atoms with Crippen LogP contribution in [0, 0.1) is 6.92 Å². The van der Waals surface area contributed by atoms with Crippen molar-refractivity contribution >= 4 is 22.6 Å². The van der Waals surface area contributed by atoms with E-state index in [9.17, 15) is 4.79 Å². The van der Waals surface area contributed by atoms with Gasteiger partial charge >= 0.3 is 5.97 Å². The summed E-state index contributed by atoms with van der Waals surface area (Å²) in [5.41, 5.74) is 7.40. The zero-order valence-electron chi connectivity index (χ0n) is 9.52. The summed E-state index contributed by atoms with van der Waals surface area (Å²) in [4.78, 5) is 15.2. The third-order valence-corrected chi connectivity index (χ3v) is 2.72. The number of aryl methyl sites for hydroxylation is 1. The summed E-state index contributed by atoms with van der Waals surface area (Å²) in [6, 6.07) is 5.00. The van der Waals surface area contributed by atoms with Gasteiger partial charge in [0.15, 0.2) is 0 Å². The molecule has 0 aliphatic carbocycles. The lowest BCUT2D eigenvalue weighted by molar-refractivity contribution is 0.0698. The number of aromatic carboxylic acids is 1. The lowest BCUT2D eigenvalue weighted by atomic mass is 10.0. The standard InChI is InChI=1S/C12H12N2O3/c1-6-7-3-4-10(17-2)14-9(7)5-8(11(6)13)12(15)16/h3-5H,13H2,1-2H3,(H,15,16). The van der Waals surface area contributed by atoms with Crippen LogP contribution in [0.5, 0.6) is 5.88 Å². The fraction of sp³-hybridized carbons (Fsp3) is 0.167. The molecule has 17 heavy (non-hydrogen) atoms. The van der Waals surface area contributed by atoms with Gasteiger partial charge < -0.3 is 15.6 Å². The number of hydrogen-bond acceptors (Lipinski definition) is 4. The fourth-order valence-electron chi connectivity index (χ4n) is 1.74. The van der Waals surface area contributed by atoms with Crippen molar-refractivity contribution in [3.05, 3.63) is 29.3 Å². The zero-order valence-corrected chi connectivity index (χ0v) is 9.52. The van der Waals surface area contributed by atoms with Crippen molar-refractivity contribution in [2.75, 3.05) is 12.8 Å². The van der Waals surface area contributed by atoms with Gasteiger partial charge in [0.25, 0.3) is 0 Å². The van der Waals surface area contributed by atoms with Gasteiger partial charge in [-0.25, -0.2) is 9.78 Å². The van der Waals surface area contributed by atoms with Crippen LogP contribution in [0.25, 0.3) is 10.9 Å². The molecule has 0 amide bonds. The van der Waals surface area contributed by atoms with E-state index in [0.29, 0.717) is 11.4 Å². The van der Waals surface area contributed by atoms with Crippen LogP contribution in [0.1, 0.15) is 15.9 Å². The van der Waals surface area contributed by atoms with E-state index >= 15 is 0 Å². The first-order chi connectivity index (χ1) is 8.04. The van der Waals surface area contributed by atoms with Crippen molar-refractivity contribution in [1.29, 1.82) is 0 Å². The number of nitrogens with two attached hydrogens (primary N) is 1. The predicted octanol–water partition coefficient (Wildman–Crippen LogP) is 1.83. The van der Waals surface area contributed by atoms with Crippen molar-refractivity contribution in [2.24, 2.45) is 0 Å². The van der Waals surface area contributed by atoms with Gasteiger partial charge in [0.2, 0.25) is 5.88 Å². The number of methoxy groups -OCH3 is 1. The molecule has 0 unspecified atom stereocenters. The second kappa shape index (κ2) is 3.93. The van der Waals surface area contributed by atoms with Crippen LogP contribution < -0.4 is 10.5 Å². The number of nitrogens with zero attached hydrogens (tertiary/aromatic N) is 1. The van der Waals surface area contributed by atoms with Gasteiger partial charge in [0.05, 0.1) is 18.2 Å². The molecule has 5 heteroatoms. The Bertz CT molecular complexity index is 608. The molecule has 3 N–H and O–H groups in total. The second-order valence-corrected chi connectivity index (χ2v) is 3.69. The van der Waals surface area contributed by atoms with Crippen molar-refractivity contribution in [1.82, 2.24) is 4.98 Å². The highest BCUT2D eigenvalue weighted by Crippen LogP contribution is 2.27. The summed E-state index contributed by atoms with van der Waals surface area (Å²) in [5.74, 6) is -0.616. The molecule has 2 aromatic rings. The highest BCUT2D eigenvalue weighted by atomic mass is 16.5. The van der Waals surface area contributed by atoms with Crippen molar-refractivity contribution < 1.29 is 14.6 Å². The van der Waals surface area contributed by atoms with E-state index in [4.69, 9.17) is 15.6 Å². The Morgan fingerprint density at radius 2 is 2.18 bits per heavy atom. The largest absolute Gasteiger partial charge is 0.481 e. The number of nitrogen functional groups attached to an aromatic ring is 1. The molecule has 0 fully saturated rings. The number of carboxylic acids is 1. The molecular formula is C12H12N2O3. The topological polar surface area (TPSA) is 85.4 Å². The van der Waals surface area contributed by atoms with Gasteiger partial charge in [-0.2, -0.15) is 0 Å². The summed E-state index contributed by atoms with van der Waals surface area (Å²) < 4.78 is 5.00. The zero-order chi connectivity index (χ0) is 12.6. The summed E-state index contributed by atoms with van der Waals surface area (Å²) in [7, 11) is 1.51. The van der Waals surface area contributed by atoms with Crippen LogP contribution >= 0.6 is 0 Å². The van der Waals surface area contributed by atoms with E-state index in [1.807, 2.05) is 6.07 Å². The van der Waals surface area contributed by atoms with Crippen LogP contribution in [0.3, 0.4) is 0 Å². The molecule has 0 bridgehead atoms. The minimum atomic E-state index is -1.06. The summed E-state index contributed by atoms with van der Waals surface area (Å²) >= 11 is 0. The monoisotopic (exact) mass is 232 g/mol. The first-order valence-electron chi connectivity index (χ1n) is 5.01. The van der Waals surface area contributed by atoms with E-state index in [-0.39, 0.29) is 11.3 Å². The quantitative estimate of drug-likeness (QED) is 0.771. The molecule has 2 rings (SSSR count). The Labute approximate surface area is 97.8 Å². The van der Waals surface area contributed by atoms with E-state index in [1.165, 1.54) is 13.2 Å². The molecule has 1 aromatic carbocycles. The van der Waals surface area contributed by atoms with Gasteiger partial charge in [-0.1, -0.05) is 0 Å². The Balaban J connectivity index is 2.81. The van der Waals surface area contributed by atoms with E-state index in [0.717, 1.165) is 10.9 Å². The molecule has 5 nitrogen and oxygen atoms in total. The highest BCUT2D eigenvalue weighted by Gasteiger charge is 2.14. The average molecular weight is 232 g/mol. The van der Waals surface area contributed by atoms with Crippen molar-refractivity contribution in [3.8, 4) is 5.88 Å². The third-order valence-electron chi connectivity index (χ3n) is 2.72. The predicted molar refractivity (Wildman–Crippen MR) is 64.4 cm³/mol. The van der Waals surface area contributed by atoms with Crippen LogP contribution in [0.4, 0.5) is 5.69 Å². The Morgan fingerprint density at radius 1 is 1.47 bits per heavy atom. The molecule has 0 saturated carbocycles. The van der Waals surface area contributed by atoms with Gasteiger partial charge in [-0.3, -0.25) is 0 Å². The number of pyridine rings is 1. The molecule has 1 heterocycles. The van der Waals surface area contributed by atoms with Gasteiger partial charge in [0, 0.05) is 17.1 Å². The number of ether oxygens (including phenoxy) is 1. The minimum Gasteiger partial charge on any atom is -0.481 e. The smallest absolute Gasteiger partial charge is 0.337 e. The second-order valence-electron chi connectivity index (χ2n) is 3.69. The SMILES string of the molecule is COc1ccc2c(C)c(N)c(C(=O)O)cc2n1. The number of benzene rings is 1. The summed E-state index contributed by atoms with van der Waals surface area (Å²) in [6.45, 7) is 1.78. The number of hydrogen-bond donors (Lipinski definition) is 2. The van der Waals surface area contributed by atoms with Crippen LogP contribution in [-0.4, -0.2) is 23.2 Å². The maximum Gasteiger partial charge on any atom is 0.337 e.